The van der Waals surface area contributed by atoms with Crippen molar-refractivity contribution in [3.63, 3.8) is 0 Å². The van der Waals surface area contributed by atoms with Crippen molar-refractivity contribution in [1.29, 1.82) is 0 Å². The number of hydrogen-bond acceptors (Lipinski definition) is 3. The second-order valence-electron chi connectivity index (χ2n) is 5.56. The van der Waals surface area contributed by atoms with Crippen LogP contribution in [0.3, 0.4) is 0 Å². The lowest BCUT2D eigenvalue weighted by molar-refractivity contribution is 0.250. The minimum atomic E-state index is -0.252. The summed E-state index contributed by atoms with van der Waals surface area (Å²) in [7, 11) is 0. The molecule has 2 amide bonds. The summed E-state index contributed by atoms with van der Waals surface area (Å²) in [5.74, 6) is 0.518. The van der Waals surface area contributed by atoms with Gasteiger partial charge in [-0.1, -0.05) is 12.1 Å². The van der Waals surface area contributed by atoms with Gasteiger partial charge in [0, 0.05) is 11.7 Å². The fraction of sp³-hybridized carbons (Fsp3) is 0.294. The van der Waals surface area contributed by atoms with Crippen LogP contribution in [0.15, 0.2) is 36.5 Å². The maximum atomic E-state index is 11.6. The van der Waals surface area contributed by atoms with Gasteiger partial charge in [-0.3, -0.25) is 5.32 Å². The Hall–Kier alpha value is -2.56. The number of rotatable bonds is 4. The van der Waals surface area contributed by atoms with Crippen molar-refractivity contribution < 1.29 is 4.79 Å². The lowest BCUT2D eigenvalue weighted by Crippen LogP contribution is -2.34. The predicted octanol–water partition coefficient (Wildman–Crippen LogP) is 3.97. The average molecular weight is 298 g/mol. The van der Waals surface area contributed by atoms with E-state index in [2.05, 4.69) is 40.8 Å². The lowest BCUT2D eigenvalue weighted by Gasteiger charge is -2.12. The van der Waals surface area contributed by atoms with Crippen molar-refractivity contribution >= 4 is 23.2 Å². The third kappa shape index (κ3) is 4.22. The van der Waals surface area contributed by atoms with Crippen molar-refractivity contribution in [2.24, 2.45) is 0 Å². The van der Waals surface area contributed by atoms with Crippen LogP contribution in [-0.2, 0) is 0 Å². The van der Waals surface area contributed by atoms with Crippen molar-refractivity contribution in [1.82, 2.24) is 10.3 Å². The molecule has 1 aromatic heterocycles. The highest BCUT2D eigenvalue weighted by Crippen LogP contribution is 2.22. The van der Waals surface area contributed by atoms with Crippen LogP contribution in [0.25, 0.3) is 0 Å². The molecule has 5 heteroatoms. The summed E-state index contributed by atoms with van der Waals surface area (Å²) in [6.07, 6.45) is 1.70. The Balaban J connectivity index is 2.03. The Morgan fingerprint density at radius 1 is 1.14 bits per heavy atom. The average Bonchev–Trinajstić information content (AvgIpc) is 2.45. The molecule has 22 heavy (non-hydrogen) atoms. The Labute approximate surface area is 131 Å². The van der Waals surface area contributed by atoms with Gasteiger partial charge >= 0.3 is 6.03 Å². The number of anilines is 3. The van der Waals surface area contributed by atoms with Gasteiger partial charge < -0.3 is 10.6 Å². The molecule has 1 heterocycles. The van der Waals surface area contributed by atoms with E-state index in [9.17, 15) is 4.79 Å². The third-order valence-electron chi connectivity index (χ3n) is 3.31. The van der Waals surface area contributed by atoms with E-state index in [0.717, 1.165) is 11.4 Å². The second-order valence-corrected chi connectivity index (χ2v) is 5.56. The highest BCUT2D eigenvalue weighted by molar-refractivity contribution is 5.88. The van der Waals surface area contributed by atoms with Crippen molar-refractivity contribution in [3.05, 3.63) is 47.7 Å². The molecule has 3 N–H and O–H groups in total. The largest absolute Gasteiger partial charge is 0.354 e. The molecular weight excluding hydrogens is 276 g/mol. The van der Waals surface area contributed by atoms with Crippen LogP contribution in [0, 0.1) is 13.8 Å². The molecule has 116 valence electrons. The second kappa shape index (κ2) is 6.93. The number of benzene rings is 1. The molecule has 0 saturated heterocycles. The number of carbonyl (C=O) groups excluding carboxylic acids is 1. The Kier molecular flexibility index (Phi) is 4.99. The molecule has 0 unspecified atom stereocenters. The number of nitrogens with zero attached hydrogens (tertiary/aromatic N) is 1. The van der Waals surface area contributed by atoms with Crippen LogP contribution in [-0.4, -0.2) is 17.1 Å². The van der Waals surface area contributed by atoms with Gasteiger partial charge in [-0.25, -0.2) is 9.78 Å². The molecule has 2 rings (SSSR count). The molecule has 0 radical (unpaired) electrons. The van der Waals surface area contributed by atoms with E-state index in [0.29, 0.717) is 5.82 Å². The molecule has 0 saturated carbocycles. The summed E-state index contributed by atoms with van der Waals surface area (Å²) in [5.41, 5.74) is 4.38. The minimum absolute atomic E-state index is 0.0882. The summed E-state index contributed by atoms with van der Waals surface area (Å²) in [6.45, 7) is 7.98. The Bertz CT molecular complexity index is 650. The van der Waals surface area contributed by atoms with Gasteiger partial charge in [0.25, 0.3) is 0 Å². The van der Waals surface area contributed by atoms with Crippen molar-refractivity contribution in [2.45, 2.75) is 33.7 Å². The molecule has 2 aromatic rings. The topological polar surface area (TPSA) is 66.0 Å². The molecule has 0 aliphatic carbocycles. The molecule has 0 aliphatic heterocycles. The van der Waals surface area contributed by atoms with Gasteiger partial charge in [0.15, 0.2) is 0 Å². The van der Waals surface area contributed by atoms with E-state index in [4.69, 9.17) is 0 Å². The molecular formula is C17H22N4O. The zero-order valence-corrected chi connectivity index (χ0v) is 13.4. The zero-order chi connectivity index (χ0) is 16.1. The summed E-state index contributed by atoms with van der Waals surface area (Å²) < 4.78 is 0. The number of amides is 2. The van der Waals surface area contributed by atoms with Gasteiger partial charge in [0.1, 0.15) is 5.82 Å². The highest BCUT2D eigenvalue weighted by Gasteiger charge is 2.05. The van der Waals surface area contributed by atoms with E-state index in [1.165, 1.54) is 11.1 Å². The fourth-order valence-electron chi connectivity index (χ4n) is 2.00. The Morgan fingerprint density at radius 2 is 1.91 bits per heavy atom. The quantitative estimate of drug-likeness (QED) is 0.800. The molecule has 0 fully saturated rings. The SMILES string of the molecule is Cc1cccc(Nc2ccc(NC(=O)NC(C)C)nc2)c1C. The van der Waals surface area contributed by atoms with E-state index in [-0.39, 0.29) is 12.1 Å². The number of pyridine rings is 1. The summed E-state index contributed by atoms with van der Waals surface area (Å²) in [5, 5.41) is 8.78. The molecule has 1 aromatic carbocycles. The number of hydrogen-bond donors (Lipinski definition) is 3. The van der Waals surface area contributed by atoms with Crippen molar-refractivity contribution in [3.8, 4) is 0 Å². The van der Waals surface area contributed by atoms with E-state index in [1.54, 1.807) is 12.3 Å². The summed E-state index contributed by atoms with van der Waals surface area (Å²) in [6, 6.07) is 9.63. The van der Waals surface area contributed by atoms with Gasteiger partial charge in [0.05, 0.1) is 11.9 Å². The summed E-state index contributed by atoms with van der Waals surface area (Å²) >= 11 is 0. The van der Waals surface area contributed by atoms with Crippen LogP contribution in [0.1, 0.15) is 25.0 Å². The zero-order valence-electron chi connectivity index (χ0n) is 13.4. The van der Waals surface area contributed by atoms with E-state index in [1.807, 2.05) is 32.0 Å². The first kappa shape index (κ1) is 15.8. The first-order chi connectivity index (χ1) is 10.5. The van der Waals surface area contributed by atoms with E-state index >= 15 is 0 Å². The van der Waals surface area contributed by atoms with Crippen LogP contribution in [0.4, 0.5) is 22.0 Å². The van der Waals surface area contributed by atoms with Gasteiger partial charge in [-0.2, -0.15) is 0 Å². The minimum Gasteiger partial charge on any atom is -0.354 e. The van der Waals surface area contributed by atoms with Crippen LogP contribution >= 0.6 is 0 Å². The molecule has 0 bridgehead atoms. The third-order valence-corrected chi connectivity index (χ3v) is 3.31. The standard InChI is InChI=1S/C17H22N4O/c1-11(2)19-17(22)21-16-9-8-14(10-18-16)20-15-7-5-6-12(3)13(15)4/h5-11,20H,1-4H3,(H2,18,19,21,22). The monoisotopic (exact) mass is 298 g/mol. The van der Waals surface area contributed by atoms with Crippen LogP contribution in [0.5, 0.6) is 0 Å². The number of nitrogens with one attached hydrogen (secondary N) is 3. The maximum absolute atomic E-state index is 11.6. The number of carbonyl (C=O) groups is 1. The normalized spacial score (nSPS) is 10.4. The number of urea groups is 1. The predicted molar refractivity (Wildman–Crippen MR) is 90.7 cm³/mol. The van der Waals surface area contributed by atoms with E-state index < -0.39 is 0 Å². The molecule has 5 nitrogen and oxygen atoms in total. The highest BCUT2D eigenvalue weighted by atomic mass is 16.2. The first-order valence-corrected chi connectivity index (χ1v) is 7.32. The first-order valence-electron chi connectivity index (χ1n) is 7.32. The van der Waals surface area contributed by atoms with Crippen molar-refractivity contribution in [2.75, 3.05) is 10.6 Å². The molecule has 0 aliphatic rings. The van der Waals surface area contributed by atoms with Gasteiger partial charge in [-0.15, -0.1) is 0 Å². The Morgan fingerprint density at radius 3 is 2.55 bits per heavy atom. The fourth-order valence-corrected chi connectivity index (χ4v) is 2.00. The van der Waals surface area contributed by atoms with Gasteiger partial charge in [-0.05, 0) is 57.0 Å². The maximum Gasteiger partial charge on any atom is 0.320 e. The van der Waals surface area contributed by atoms with Crippen LogP contribution < -0.4 is 16.0 Å². The smallest absolute Gasteiger partial charge is 0.320 e. The van der Waals surface area contributed by atoms with Gasteiger partial charge in [0.2, 0.25) is 0 Å². The molecule has 0 spiro atoms. The number of aromatic nitrogens is 1. The molecule has 0 atom stereocenters. The number of aryl methyl sites for hydroxylation is 1. The van der Waals surface area contributed by atoms with Crippen LogP contribution in [0.2, 0.25) is 0 Å². The lowest BCUT2D eigenvalue weighted by atomic mass is 10.1. The summed E-state index contributed by atoms with van der Waals surface area (Å²) in [4.78, 5) is 15.8.